The largest absolute Gasteiger partial charge is 0.543 e. The van der Waals surface area contributed by atoms with Crippen molar-refractivity contribution < 1.29 is 28.9 Å². The normalized spacial score (nSPS) is 20.8. The van der Waals surface area contributed by atoms with Crippen molar-refractivity contribution in [3.63, 3.8) is 0 Å². The van der Waals surface area contributed by atoms with Crippen LogP contribution >= 0.6 is 35.5 Å². The molecule has 37 heavy (non-hydrogen) atoms. The summed E-state index contributed by atoms with van der Waals surface area (Å²) in [5, 5.41) is 19.8. The number of hydrogen-bond donors (Lipinski definition) is 2. The van der Waals surface area contributed by atoms with E-state index in [2.05, 4.69) is 26.1 Å². The van der Waals surface area contributed by atoms with Crippen LogP contribution in [0.3, 0.4) is 0 Å². The zero-order valence-corrected chi connectivity index (χ0v) is 22.3. The van der Waals surface area contributed by atoms with Gasteiger partial charge in [-0.25, -0.2) is 4.98 Å². The van der Waals surface area contributed by atoms with Crippen LogP contribution in [0.4, 0.5) is 5.13 Å². The molecule has 2 amide bonds. The molecule has 2 aromatic heterocycles. The number of β-lactam (4-membered cyclic amide) rings is 1. The Kier molecular flexibility index (Phi) is 8.05. The summed E-state index contributed by atoms with van der Waals surface area (Å²) in [6, 6.07) is 3.16. The van der Waals surface area contributed by atoms with Gasteiger partial charge in [-0.15, -0.1) is 35.5 Å². The van der Waals surface area contributed by atoms with Crippen LogP contribution < -0.4 is 20.7 Å². The average Bonchev–Trinajstić information content (AvgIpc) is 3.31. The third-order valence-electron chi connectivity index (χ3n) is 6.44. The second kappa shape index (κ2) is 11.1. The number of nitrogens with zero attached hydrogens (tertiary/aromatic N) is 4. The molecule has 0 spiro atoms. The van der Waals surface area contributed by atoms with E-state index < -0.39 is 29.2 Å². The highest BCUT2D eigenvalue weighted by Gasteiger charge is 2.53. The number of thioether (sulfide) groups is 1. The molecule has 3 N–H and O–H groups in total. The molecule has 1 saturated heterocycles. The zero-order chi connectivity index (χ0) is 25.4. The Balaban J connectivity index is 0.00000320. The number of pyridine rings is 1. The minimum atomic E-state index is -1.40. The Hall–Kier alpha value is -3.16. The molecular formula is C23H25ClN6O5S2. The highest BCUT2D eigenvalue weighted by atomic mass is 35.5. The number of carbonyl (C=O) groups excluding carboxylic acids is 3. The van der Waals surface area contributed by atoms with Gasteiger partial charge in [0.15, 0.2) is 29.3 Å². The van der Waals surface area contributed by atoms with E-state index in [0.29, 0.717) is 17.9 Å². The molecule has 2 aliphatic heterocycles. The summed E-state index contributed by atoms with van der Waals surface area (Å²) in [7, 11) is 1.29. The van der Waals surface area contributed by atoms with Crippen LogP contribution in [-0.2, 0) is 38.6 Å². The van der Waals surface area contributed by atoms with Gasteiger partial charge in [0.1, 0.15) is 24.2 Å². The molecule has 11 nitrogen and oxygen atoms in total. The van der Waals surface area contributed by atoms with Gasteiger partial charge < -0.3 is 25.8 Å². The van der Waals surface area contributed by atoms with Crippen LogP contribution in [0.5, 0.6) is 0 Å². The van der Waals surface area contributed by atoms with E-state index >= 15 is 0 Å². The first-order chi connectivity index (χ1) is 17.4. The maximum atomic E-state index is 13.1. The SMILES string of the molecule is CO/N=C(/C(=O)N[C@@H]1C(=O)N2C(C(=O)[O-])=C(C[n+]3cccc4c3CCCC4)CS[C@H]12)c1csc(N)n1.Cl. The van der Waals surface area contributed by atoms with Crippen LogP contribution in [0.25, 0.3) is 0 Å². The van der Waals surface area contributed by atoms with E-state index in [1.807, 2.05) is 12.3 Å². The van der Waals surface area contributed by atoms with Gasteiger partial charge >= 0.3 is 0 Å². The number of rotatable bonds is 7. The summed E-state index contributed by atoms with van der Waals surface area (Å²) in [4.78, 5) is 48.2. The molecule has 0 saturated carbocycles. The van der Waals surface area contributed by atoms with Crippen molar-refractivity contribution in [3.8, 4) is 0 Å². The zero-order valence-electron chi connectivity index (χ0n) is 19.8. The van der Waals surface area contributed by atoms with Crippen molar-refractivity contribution in [2.75, 3.05) is 18.6 Å². The van der Waals surface area contributed by atoms with Crippen LogP contribution in [-0.4, -0.2) is 57.7 Å². The number of halogens is 1. The number of amides is 2. The van der Waals surface area contributed by atoms with Gasteiger partial charge in [-0.2, -0.15) is 4.57 Å². The average molecular weight is 565 g/mol. The molecule has 2 aromatic rings. The van der Waals surface area contributed by atoms with Crippen LogP contribution in [0.2, 0.25) is 0 Å². The molecule has 1 aliphatic carbocycles. The van der Waals surface area contributed by atoms with Crippen LogP contribution in [0, 0.1) is 0 Å². The summed E-state index contributed by atoms with van der Waals surface area (Å²) in [6.45, 7) is 0.364. The molecule has 0 radical (unpaired) electrons. The summed E-state index contributed by atoms with van der Waals surface area (Å²) in [5.41, 5.74) is 8.72. The summed E-state index contributed by atoms with van der Waals surface area (Å²) in [6.07, 6.45) is 6.13. The molecule has 0 aromatic carbocycles. The van der Waals surface area contributed by atoms with E-state index in [0.717, 1.165) is 37.0 Å². The van der Waals surface area contributed by atoms with Crippen LogP contribution in [0.1, 0.15) is 29.8 Å². The predicted octanol–water partition coefficient (Wildman–Crippen LogP) is -0.232. The molecule has 3 aliphatic rings. The number of nitrogens with one attached hydrogen (secondary N) is 1. The van der Waals surface area contributed by atoms with Crippen molar-refractivity contribution in [3.05, 3.63) is 51.9 Å². The minimum absolute atomic E-state index is 0. The number of oxime groups is 1. The fraction of sp³-hybridized carbons (Fsp3) is 0.391. The number of aliphatic carboxylic acids is 1. The van der Waals surface area contributed by atoms with E-state index in [9.17, 15) is 19.5 Å². The lowest BCUT2D eigenvalue weighted by molar-refractivity contribution is -0.697. The lowest BCUT2D eigenvalue weighted by Crippen LogP contribution is -2.71. The Labute approximate surface area is 227 Å². The van der Waals surface area contributed by atoms with E-state index in [1.54, 1.807) is 5.38 Å². The van der Waals surface area contributed by atoms with Crippen LogP contribution in [0.15, 0.2) is 40.1 Å². The first kappa shape index (κ1) is 26.9. The fourth-order valence-electron chi connectivity index (χ4n) is 4.82. The number of hydrogen-bond acceptors (Lipinski definition) is 10. The standard InChI is InChI=1S/C23H24N6O5S2.ClH/c1-34-27-16(14-11-36-23(24)25-14)19(30)26-17-20(31)29-18(22(32)33)13(10-35-21(17)29)9-28-8-4-6-12-5-2-3-7-15(12)28;/h4,6,8,11,17,21H,2-3,5,7,9-10H2,1H3,(H3-,24,25,26,30,32,33);1H/b27-16+;/t17-,21-;/m1./s1. The lowest BCUT2D eigenvalue weighted by atomic mass is 9.95. The molecule has 196 valence electrons. The van der Waals surface area contributed by atoms with Crippen molar-refractivity contribution >= 4 is 64.1 Å². The quantitative estimate of drug-likeness (QED) is 0.202. The number of carboxylic acid groups (broad SMARTS) is 1. The summed E-state index contributed by atoms with van der Waals surface area (Å²) >= 11 is 2.54. The molecular weight excluding hydrogens is 540 g/mol. The monoisotopic (exact) mass is 564 g/mol. The number of thiazole rings is 1. The van der Waals surface area contributed by atoms with Crippen molar-refractivity contribution in [2.24, 2.45) is 5.16 Å². The van der Waals surface area contributed by atoms with Gasteiger partial charge in [0.25, 0.3) is 11.8 Å². The Bertz CT molecular complexity index is 1310. The van der Waals surface area contributed by atoms with Gasteiger partial charge in [-0.05, 0) is 25.3 Å². The second-order valence-corrected chi connectivity index (χ2v) is 10.6. The predicted molar refractivity (Wildman–Crippen MR) is 138 cm³/mol. The molecule has 2 atom stereocenters. The lowest BCUT2D eigenvalue weighted by Gasteiger charge is -2.50. The molecule has 0 bridgehead atoms. The number of aryl methyl sites for hydroxylation is 1. The Morgan fingerprint density at radius 1 is 1.38 bits per heavy atom. The molecule has 1 fully saturated rings. The first-order valence-corrected chi connectivity index (χ1v) is 13.3. The van der Waals surface area contributed by atoms with Gasteiger partial charge in [-0.3, -0.25) is 14.5 Å². The topological polar surface area (TPSA) is 154 Å². The smallest absolute Gasteiger partial charge is 0.276 e. The van der Waals surface area contributed by atoms with Gasteiger partial charge in [0.2, 0.25) is 0 Å². The number of carbonyl (C=O) groups is 3. The third-order valence-corrected chi connectivity index (χ3v) is 8.45. The van der Waals surface area contributed by atoms with Crippen molar-refractivity contribution in [1.82, 2.24) is 15.2 Å². The van der Waals surface area contributed by atoms with E-state index in [4.69, 9.17) is 10.6 Å². The van der Waals surface area contributed by atoms with Crippen molar-refractivity contribution in [1.29, 1.82) is 0 Å². The molecule has 0 unspecified atom stereocenters. The number of carboxylic acids is 1. The number of anilines is 1. The summed E-state index contributed by atoms with van der Waals surface area (Å²) < 4.78 is 2.07. The third kappa shape index (κ3) is 5.03. The number of nitrogen functional groups attached to an aromatic ring is 1. The first-order valence-electron chi connectivity index (χ1n) is 11.4. The van der Waals surface area contributed by atoms with E-state index in [1.165, 1.54) is 35.0 Å². The van der Waals surface area contributed by atoms with Gasteiger partial charge in [0, 0.05) is 34.8 Å². The number of fused-ring (bicyclic) bond motifs is 2. The molecule has 14 heteroatoms. The fourth-order valence-corrected chi connectivity index (χ4v) is 6.71. The van der Waals surface area contributed by atoms with E-state index in [-0.39, 0.29) is 34.6 Å². The molecule has 4 heterocycles. The number of nitrogens with two attached hydrogens (primary N) is 1. The number of aromatic nitrogens is 2. The van der Waals surface area contributed by atoms with Gasteiger partial charge in [0.05, 0.1) is 11.7 Å². The molecule has 5 rings (SSSR count). The maximum Gasteiger partial charge on any atom is 0.276 e. The van der Waals surface area contributed by atoms with Gasteiger partial charge in [-0.1, -0.05) is 5.16 Å². The Morgan fingerprint density at radius 2 is 2.16 bits per heavy atom. The second-order valence-electron chi connectivity index (χ2n) is 8.61. The highest BCUT2D eigenvalue weighted by Crippen LogP contribution is 2.40. The van der Waals surface area contributed by atoms with Crippen molar-refractivity contribution in [2.45, 2.75) is 43.6 Å². The Morgan fingerprint density at radius 3 is 2.86 bits per heavy atom. The minimum Gasteiger partial charge on any atom is -0.543 e. The highest BCUT2D eigenvalue weighted by molar-refractivity contribution is 8.00. The summed E-state index contributed by atoms with van der Waals surface area (Å²) in [5.74, 6) is -2.20. The maximum absolute atomic E-state index is 13.1.